The molecular formula is C25H28FN5O3. The Morgan fingerprint density at radius 3 is 2.68 bits per heavy atom. The first kappa shape index (κ1) is 23.7. The van der Waals surface area contributed by atoms with E-state index >= 15 is 0 Å². The van der Waals surface area contributed by atoms with Crippen molar-refractivity contribution in [2.75, 3.05) is 52.7 Å². The van der Waals surface area contributed by atoms with Crippen LogP contribution in [-0.2, 0) is 9.47 Å². The summed E-state index contributed by atoms with van der Waals surface area (Å²) in [5.74, 6) is 5.99. The van der Waals surface area contributed by atoms with Gasteiger partial charge in [0, 0.05) is 25.0 Å². The van der Waals surface area contributed by atoms with Crippen LogP contribution in [0.5, 0.6) is 5.75 Å². The Labute approximate surface area is 197 Å². The number of hydrogen-bond donors (Lipinski definition) is 1. The number of hydrazone groups is 1. The summed E-state index contributed by atoms with van der Waals surface area (Å²) in [5, 5.41) is 4.72. The number of morpholine rings is 1. The number of rotatable bonds is 10. The summed E-state index contributed by atoms with van der Waals surface area (Å²) in [6, 6.07) is 15.3. The maximum absolute atomic E-state index is 13.0. The van der Waals surface area contributed by atoms with E-state index in [1.807, 2.05) is 30.3 Å². The molecule has 2 heterocycles. The average molecular weight is 466 g/mol. The first-order valence-electron chi connectivity index (χ1n) is 11.2. The normalized spacial score (nSPS) is 15.3. The van der Waals surface area contributed by atoms with E-state index in [0.717, 1.165) is 49.5 Å². The predicted molar refractivity (Wildman–Crippen MR) is 131 cm³/mol. The molecule has 0 aliphatic carbocycles. The molecule has 0 bridgehead atoms. The number of aromatic nitrogens is 1. The number of nitrogens with zero attached hydrogens (tertiary/aromatic N) is 4. The molecule has 4 rings (SSSR count). The zero-order valence-electron chi connectivity index (χ0n) is 18.9. The number of aliphatic imine (C=N–C) groups is 1. The second-order valence-corrected chi connectivity index (χ2v) is 7.71. The summed E-state index contributed by atoms with van der Waals surface area (Å²) < 4.78 is 29.9. The molecular weight excluding hydrogens is 437 g/mol. The van der Waals surface area contributed by atoms with E-state index in [0.29, 0.717) is 36.9 Å². The number of fused-ring (bicyclic) bond motifs is 1. The van der Waals surface area contributed by atoms with Gasteiger partial charge in [-0.3, -0.25) is 9.89 Å². The molecule has 8 nitrogen and oxygen atoms in total. The van der Waals surface area contributed by atoms with Crippen LogP contribution in [0.4, 0.5) is 10.1 Å². The van der Waals surface area contributed by atoms with Crippen molar-refractivity contribution < 1.29 is 18.6 Å². The van der Waals surface area contributed by atoms with Gasteiger partial charge in [-0.1, -0.05) is 6.07 Å². The Balaban J connectivity index is 1.29. The lowest BCUT2D eigenvalue weighted by Crippen LogP contribution is -2.38. The minimum Gasteiger partial charge on any atom is -0.491 e. The van der Waals surface area contributed by atoms with Crippen LogP contribution in [0, 0.1) is 5.82 Å². The lowest BCUT2D eigenvalue weighted by atomic mass is 10.1. The number of hydrogen-bond acceptors (Lipinski definition) is 8. The van der Waals surface area contributed by atoms with Crippen LogP contribution in [0.1, 0.15) is 5.69 Å². The lowest BCUT2D eigenvalue weighted by Gasteiger charge is -2.26. The van der Waals surface area contributed by atoms with Gasteiger partial charge in [0.2, 0.25) is 0 Å². The summed E-state index contributed by atoms with van der Waals surface area (Å²) in [5.41, 5.74) is 2.38. The fourth-order valence-electron chi connectivity index (χ4n) is 3.50. The SMILES string of the molecule is NN=C(C=Nc1ccc(F)cc1)c1ccc2cc(OCCOCCN3CCOCC3)ccc2n1. The van der Waals surface area contributed by atoms with Gasteiger partial charge >= 0.3 is 0 Å². The standard InChI is InChI=1S/C25H28FN5O3/c26-20-2-4-21(5-3-20)28-18-25(30-27)24-7-1-19-17-22(6-8-23(19)29-24)34-16-15-33-14-11-31-9-12-32-13-10-31/h1-8,17-18H,9-16,27H2. The molecule has 1 saturated heterocycles. The number of benzene rings is 2. The third kappa shape index (κ3) is 6.80. The fraction of sp³-hybridized carbons (Fsp3) is 0.320. The van der Waals surface area contributed by atoms with Gasteiger partial charge in [-0.05, 0) is 48.5 Å². The predicted octanol–water partition coefficient (Wildman–Crippen LogP) is 3.17. The van der Waals surface area contributed by atoms with E-state index in [4.69, 9.17) is 20.1 Å². The van der Waals surface area contributed by atoms with Gasteiger partial charge in [0.1, 0.15) is 23.9 Å². The molecule has 1 aliphatic heterocycles. The van der Waals surface area contributed by atoms with E-state index in [9.17, 15) is 4.39 Å². The smallest absolute Gasteiger partial charge is 0.127 e. The summed E-state index contributed by atoms with van der Waals surface area (Å²) in [4.78, 5) is 11.2. The van der Waals surface area contributed by atoms with E-state index in [1.54, 1.807) is 12.1 Å². The molecule has 2 aromatic carbocycles. The molecule has 178 valence electrons. The summed E-state index contributed by atoms with van der Waals surface area (Å²) in [7, 11) is 0. The van der Waals surface area contributed by atoms with Crippen LogP contribution in [0.2, 0.25) is 0 Å². The number of pyridine rings is 1. The molecule has 34 heavy (non-hydrogen) atoms. The quantitative estimate of drug-likeness (QED) is 0.214. The van der Waals surface area contributed by atoms with E-state index in [1.165, 1.54) is 18.3 Å². The molecule has 0 radical (unpaired) electrons. The maximum Gasteiger partial charge on any atom is 0.127 e. The van der Waals surface area contributed by atoms with Crippen molar-refractivity contribution in [1.29, 1.82) is 0 Å². The summed E-state index contributed by atoms with van der Waals surface area (Å²) in [6.45, 7) is 6.13. The Morgan fingerprint density at radius 2 is 1.88 bits per heavy atom. The van der Waals surface area contributed by atoms with Gasteiger partial charge in [-0.15, -0.1) is 0 Å². The first-order chi connectivity index (χ1) is 16.7. The van der Waals surface area contributed by atoms with Gasteiger partial charge in [0.05, 0.1) is 49.5 Å². The number of halogens is 1. The lowest BCUT2D eigenvalue weighted by molar-refractivity contribution is 0.0170. The van der Waals surface area contributed by atoms with Crippen molar-refractivity contribution in [2.24, 2.45) is 15.9 Å². The summed E-state index contributed by atoms with van der Waals surface area (Å²) in [6.07, 6.45) is 1.51. The van der Waals surface area contributed by atoms with Crippen LogP contribution < -0.4 is 10.6 Å². The molecule has 3 aromatic rings. The van der Waals surface area contributed by atoms with Crippen LogP contribution >= 0.6 is 0 Å². The highest BCUT2D eigenvalue weighted by Crippen LogP contribution is 2.20. The van der Waals surface area contributed by atoms with Gasteiger partial charge in [0.15, 0.2) is 0 Å². The third-order valence-corrected chi connectivity index (χ3v) is 5.38. The molecule has 0 amide bonds. The molecule has 0 unspecified atom stereocenters. The average Bonchev–Trinajstić information content (AvgIpc) is 2.88. The molecule has 0 atom stereocenters. The Kier molecular flexibility index (Phi) is 8.50. The zero-order chi connectivity index (χ0) is 23.6. The van der Waals surface area contributed by atoms with Crippen LogP contribution in [0.25, 0.3) is 10.9 Å². The van der Waals surface area contributed by atoms with Crippen molar-refractivity contribution in [3.63, 3.8) is 0 Å². The Morgan fingerprint density at radius 1 is 1.06 bits per heavy atom. The first-order valence-corrected chi connectivity index (χ1v) is 11.2. The number of ether oxygens (including phenoxy) is 3. The van der Waals surface area contributed by atoms with E-state index in [2.05, 4.69) is 20.0 Å². The monoisotopic (exact) mass is 465 g/mol. The van der Waals surface area contributed by atoms with Gasteiger partial charge < -0.3 is 20.1 Å². The van der Waals surface area contributed by atoms with Crippen molar-refractivity contribution >= 4 is 28.5 Å². The minimum absolute atomic E-state index is 0.317. The minimum atomic E-state index is -0.317. The molecule has 2 N–H and O–H groups in total. The van der Waals surface area contributed by atoms with Gasteiger partial charge in [-0.2, -0.15) is 5.10 Å². The van der Waals surface area contributed by atoms with Gasteiger partial charge in [0.25, 0.3) is 0 Å². The molecule has 1 fully saturated rings. The van der Waals surface area contributed by atoms with Crippen LogP contribution in [0.15, 0.2) is 64.7 Å². The Bertz CT molecular complexity index is 1130. The molecule has 1 aliphatic rings. The van der Waals surface area contributed by atoms with Crippen molar-refractivity contribution in [2.45, 2.75) is 0 Å². The fourth-order valence-corrected chi connectivity index (χ4v) is 3.50. The van der Waals surface area contributed by atoms with Crippen LogP contribution in [-0.4, -0.2) is 74.5 Å². The highest BCUT2D eigenvalue weighted by Gasteiger charge is 2.09. The maximum atomic E-state index is 13.0. The molecule has 0 spiro atoms. The number of nitrogens with two attached hydrogens (primary N) is 1. The van der Waals surface area contributed by atoms with Gasteiger partial charge in [-0.25, -0.2) is 9.37 Å². The van der Waals surface area contributed by atoms with Crippen molar-refractivity contribution in [3.05, 3.63) is 66.1 Å². The topological polar surface area (TPSA) is 94.6 Å². The molecule has 0 saturated carbocycles. The van der Waals surface area contributed by atoms with E-state index in [-0.39, 0.29) is 5.82 Å². The van der Waals surface area contributed by atoms with Crippen molar-refractivity contribution in [3.8, 4) is 5.75 Å². The highest BCUT2D eigenvalue weighted by molar-refractivity contribution is 6.38. The highest BCUT2D eigenvalue weighted by atomic mass is 19.1. The van der Waals surface area contributed by atoms with Crippen molar-refractivity contribution in [1.82, 2.24) is 9.88 Å². The molecule has 1 aromatic heterocycles. The zero-order valence-corrected chi connectivity index (χ0v) is 18.9. The third-order valence-electron chi connectivity index (χ3n) is 5.38. The largest absolute Gasteiger partial charge is 0.491 e. The van der Waals surface area contributed by atoms with Crippen LogP contribution in [0.3, 0.4) is 0 Å². The second kappa shape index (κ2) is 12.2. The molecule has 9 heteroatoms. The second-order valence-electron chi connectivity index (χ2n) is 7.71. The Hall–Kier alpha value is -3.40. The van der Waals surface area contributed by atoms with E-state index < -0.39 is 0 Å². The summed E-state index contributed by atoms with van der Waals surface area (Å²) >= 11 is 0.